The smallest absolute Gasteiger partial charge is 0.251 e. The van der Waals surface area contributed by atoms with Crippen LogP contribution >= 0.6 is 23.4 Å². The van der Waals surface area contributed by atoms with Crippen molar-refractivity contribution in [2.75, 3.05) is 31.1 Å². The van der Waals surface area contributed by atoms with E-state index < -0.39 is 28.7 Å². The summed E-state index contributed by atoms with van der Waals surface area (Å²) >= 11 is 7.62. The van der Waals surface area contributed by atoms with Crippen molar-refractivity contribution in [1.29, 1.82) is 0 Å². The summed E-state index contributed by atoms with van der Waals surface area (Å²) in [5, 5.41) is 10.4. The molecule has 0 saturated carbocycles. The second-order valence-corrected chi connectivity index (χ2v) is 11.6. The Morgan fingerprint density at radius 2 is 1.86 bits per heavy atom. The van der Waals surface area contributed by atoms with Crippen LogP contribution in [0.2, 0.25) is 5.02 Å². The van der Waals surface area contributed by atoms with E-state index >= 15 is 0 Å². The van der Waals surface area contributed by atoms with Gasteiger partial charge in [0.05, 0.1) is 29.2 Å². The molecule has 4 aliphatic rings. The van der Waals surface area contributed by atoms with Crippen molar-refractivity contribution in [1.82, 2.24) is 9.80 Å². The molecule has 1 aromatic rings. The fourth-order valence-electron chi connectivity index (χ4n) is 6.01. The van der Waals surface area contributed by atoms with Gasteiger partial charge in [0.2, 0.25) is 11.8 Å². The van der Waals surface area contributed by atoms with E-state index in [-0.39, 0.29) is 29.6 Å². The van der Waals surface area contributed by atoms with Crippen molar-refractivity contribution in [3.8, 4) is 0 Å². The lowest BCUT2D eigenvalue weighted by Gasteiger charge is -2.37. The number of nitrogens with zero attached hydrogens (tertiary/aromatic N) is 3. The molecule has 4 heterocycles. The van der Waals surface area contributed by atoms with Crippen molar-refractivity contribution in [3.63, 3.8) is 0 Å². The lowest BCUT2D eigenvalue weighted by Crippen LogP contribution is -2.56. The standard InChI is InChI=1S/C26H30ClN3O4S/c1-3-12-28-13-4-6-19-20(23(28)32)21-24(33)30(16(2)15-31)22-25(34)29(14-5-11-26(21,22)35-19)18-9-7-17(27)8-10-18/h4-11,16,19-22,31H,3,12-15H2,1-2H3/t16-,19-,20+,21+,22?,26+/m1/s1. The largest absolute Gasteiger partial charge is 0.394 e. The van der Waals surface area contributed by atoms with Gasteiger partial charge in [-0.3, -0.25) is 14.4 Å². The number of fused-ring (bicyclic) bond motifs is 2. The molecule has 0 bridgehead atoms. The third kappa shape index (κ3) is 3.72. The maximum atomic E-state index is 14.2. The molecule has 2 saturated heterocycles. The minimum Gasteiger partial charge on any atom is -0.394 e. The van der Waals surface area contributed by atoms with Gasteiger partial charge in [-0.05, 0) is 37.6 Å². The number of rotatable bonds is 5. The predicted molar refractivity (Wildman–Crippen MR) is 137 cm³/mol. The molecule has 186 valence electrons. The first-order valence-corrected chi connectivity index (χ1v) is 13.4. The first-order chi connectivity index (χ1) is 16.8. The Bertz CT molecular complexity index is 1090. The number of thioether (sulfide) groups is 1. The summed E-state index contributed by atoms with van der Waals surface area (Å²) in [6.07, 6.45) is 8.82. The van der Waals surface area contributed by atoms with Gasteiger partial charge in [0, 0.05) is 35.6 Å². The van der Waals surface area contributed by atoms with Gasteiger partial charge in [0.1, 0.15) is 6.04 Å². The van der Waals surface area contributed by atoms with E-state index in [0.717, 1.165) is 6.42 Å². The molecule has 7 nitrogen and oxygen atoms in total. The molecular formula is C26H30ClN3O4S. The van der Waals surface area contributed by atoms with Gasteiger partial charge in [0.15, 0.2) is 0 Å². The van der Waals surface area contributed by atoms with E-state index in [1.54, 1.807) is 52.8 Å². The number of halogens is 1. The summed E-state index contributed by atoms with van der Waals surface area (Å²) in [6.45, 7) is 5.03. The third-order valence-electron chi connectivity index (χ3n) is 7.55. The van der Waals surface area contributed by atoms with Gasteiger partial charge in [-0.1, -0.05) is 42.8 Å². The molecule has 35 heavy (non-hydrogen) atoms. The van der Waals surface area contributed by atoms with E-state index in [0.29, 0.717) is 30.3 Å². The fourth-order valence-corrected chi connectivity index (χ4v) is 8.13. The second-order valence-electron chi connectivity index (χ2n) is 9.66. The van der Waals surface area contributed by atoms with Crippen molar-refractivity contribution >= 4 is 46.8 Å². The number of anilines is 1. The maximum absolute atomic E-state index is 14.2. The zero-order valence-corrected chi connectivity index (χ0v) is 21.4. The van der Waals surface area contributed by atoms with E-state index in [4.69, 9.17) is 11.6 Å². The Morgan fingerprint density at radius 1 is 1.11 bits per heavy atom. The third-order valence-corrected chi connectivity index (χ3v) is 9.55. The molecule has 1 N–H and O–H groups in total. The van der Waals surface area contributed by atoms with Gasteiger partial charge < -0.3 is 19.8 Å². The molecule has 1 unspecified atom stereocenters. The second kappa shape index (κ2) is 9.30. The number of hydrogen-bond acceptors (Lipinski definition) is 5. The lowest BCUT2D eigenvalue weighted by atomic mass is 9.78. The van der Waals surface area contributed by atoms with Gasteiger partial charge in [-0.2, -0.15) is 0 Å². The van der Waals surface area contributed by atoms with Crippen molar-refractivity contribution < 1.29 is 19.5 Å². The van der Waals surface area contributed by atoms with Crippen LogP contribution in [-0.4, -0.2) is 80.9 Å². The van der Waals surface area contributed by atoms with E-state index in [1.807, 2.05) is 36.1 Å². The molecule has 1 aromatic carbocycles. The molecular weight excluding hydrogens is 486 g/mol. The van der Waals surface area contributed by atoms with Crippen molar-refractivity contribution in [2.45, 2.75) is 42.3 Å². The first-order valence-electron chi connectivity index (χ1n) is 12.1. The summed E-state index contributed by atoms with van der Waals surface area (Å²) in [5.41, 5.74) is 0.691. The minimum atomic E-state index is -0.886. The maximum Gasteiger partial charge on any atom is 0.251 e. The zero-order chi connectivity index (χ0) is 24.9. The number of amides is 3. The molecule has 0 radical (unpaired) electrons. The van der Waals surface area contributed by atoms with Gasteiger partial charge in [0.25, 0.3) is 5.91 Å². The molecule has 0 aromatic heterocycles. The van der Waals surface area contributed by atoms with Crippen molar-refractivity contribution in [2.24, 2.45) is 11.8 Å². The van der Waals surface area contributed by atoms with Gasteiger partial charge >= 0.3 is 0 Å². The minimum absolute atomic E-state index is 0.0264. The lowest BCUT2D eigenvalue weighted by molar-refractivity contribution is -0.144. The summed E-state index contributed by atoms with van der Waals surface area (Å²) in [4.78, 5) is 47.0. The quantitative estimate of drug-likeness (QED) is 0.610. The molecule has 6 atom stereocenters. The number of aliphatic hydroxyl groups excluding tert-OH is 1. The van der Waals surface area contributed by atoms with Crippen LogP contribution in [0.1, 0.15) is 20.3 Å². The van der Waals surface area contributed by atoms with Crippen molar-refractivity contribution in [3.05, 3.63) is 53.6 Å². The molecule has 9 heteroatoms. The molecule has 5 rings (SSSR count). The number of benzene rings is 1. The molecule has 4 aliphatic heterocycles. The van der Waals surface area contributed by atoms with Crippen LogP contribution in [-0.2, 0) is 14.4 Å². The summed E-state index contributed by atoms with van der Waals surface area (Å²) < 4.78 is -0.886. The highest BCUT2D eigenvalue weighted by atomic mass is 35.5. The summed E-state index contributed by atoms with van der Waals surface area (Å²) in [5.74, 6) is -1.68. The number of carbonyl (C=O) groups excluding carboxylic acids is 3. The SMILES string of the molecule is CCCN1CC=C[C@H]2S[C@]34C=CCN(c5ccc(Cl)cc5)C(=O)C3N([C@H](C)CO)C(=O)[C@@H]4[C@H]2C1=O. The molecule has 0 aliphatic carbocycles. The molecule has 1 spiro atoms. The van der Waals surface area contributed by atoms with Crippen LogP contribution in [0.25, 0.3) is 0 Å². The number of carbonyl (C=O) groups is 3. The van der Waals surface area contributed by atoms with Gasteiger partial charge in [-0.25, -0.2) is 0 Å². The van der Waals surface area contributed by atoms with Crippen LogP contribution in [0.4, 0.5) is 5.69 Å². The van der Waals surface area contributed by atoms with E-state index in [2.05, 4.69) is 0 Å². The Kier molecular flexibility index (Phi) is 6.48. The number of likely N-dealkylation sites (tertiary alicyclic amines) is 1. The average Bonchev–Trinajstić information content (AvgIpc) is 3.17. The highest BCUT2D eigenvalue weighted by Gasteiger charge is 2.71. The Morgan fingerprint density at radius 3 is 2.54 bits per heavy atom. The highest BCUT2D eigenvalue weighted by molar-refractivity contribution is 8.02. The highest BCUT2D eigenvalue weighted by Crippen LogP contribution is 2.61. The zero-order valence-electron chi connectivity index (χ0n) is 19.8. The van der Waals surface area contributed by atoms with Crippen LogP contribution in [0.5, 0.6) is 0 Å². The van der Waals surface area contributed by atoms with E-state index in [1.165, 1.54) is 0 Å². The Hall–Kier alpha value is -2.29. The monoisotopic (exact) mass is 515 g/mol. The number of hydrogen-bond donors (Lipinski definition) is 1. The van der Waals surface area contributed by atoms with Crippen LogP contribution in [0.15, 0.2) is 48.6 Å². The van der Waals surface area contributed by atoms with Crippen LogP contribution in [0.3, 0.4) is 0 Å². The molecule has 2 fully saturated rings. The Labute approximate surface area is 214 Å². The summed E-state index contributed by atoms with van der Waals surface area (Å²) in [7, 11) is 0. The first kappa shape index (κ1) is 24.4. The Balaban J connectivity index is 1.61. The average molecular weight is 516 g/mol. The fraction of sp³-hybridized carbons (Fsp3) is 0.500. The predicted octanol–water partition coefficient (Wildman–Crippen LogP) is 2.73. The normalized spacial score (nSPS) is 32.9. The van der Waals surface area contributed by atoms with Gasteiger partial charge in [-0.15, -0.1) is 11.8 Å². The summed E-state index contributed by atoms with van der Waals surface area (Å²) in [6, 6.07) is 5.68. The van der Waals surface area contributed by atoms with Crippen LogP contribution in [0, 0.1) is 11.8 Å². The molecule has 3 amide bonds. The van der Waals surface area contributed by atoms with E-state index in [9.17, 15) is 19.5 Å². The number of aliphatic hydroxyl groups is 1. The topological polar surface area (TPSA) is 81.2 Å². The van der Waals surface area contributed by atoms with Crippen LogP contribution < -0.4 is 4.90 Å².